The summed E-state index contributed by atoms with van der Waals surface area (Å²) in [6, 6.07) is 6.37. The Bertz CT molecular complexity index is 1970. The Kier molecular flexibility index (Phi) is 7.40. The second-order valence-corrected chi connectivity index (χ2v) is 13.3. The molecule has 3 aromatic heterocycles. The first-order chi connectivity index (χ1) is 20.8. The van der Waals surface area contributed by atoms with E-state index in [-0.39, 0.29) is 34.2 Å². The number of aryl methyl sites for hydroxylation is 1. The number of benzene rings is 1. The zero-order valence-corrected chi connectivity index (χ0v) is 25.8. The van der Waals surface area contributed by atoms with Crippen LogP contribution in [0.1, 0.15) is 41.0 Å². The number of sulfonamides is 1. The van der Waals surface area contributed by atoms with Crippen LogP contribution in [0.4, 0.5) is 22.0 Å². The van der Waals surface area contributed by atoms with Gasteiger partial charge in [0.15, 0.2) is 11.5 Å². The van der Waals surface area contributed by atoms with E-state index in [2.05, 4.69) is 30.1 Å². The number of nitrogens with zero attached hydrogens (tertiary/aromatic N) is 7. The smallest absolute Gasteiger partial charge is 0.285 e. The number of rotatable bonds is 7. The predicted molar refractivity (Wildman–Crippen MR) is 164 cm³/mol. The van der Waals surface area contributed by atoms with Gasteiger partial charge in [0.2, 0.25) is 21.9 Å². The minimum Gasteiger partial charge on any atom is -0.377 e. The van der Waals surface area contributed by atoms with E-state index in [9.17, 15) is 22.4 Å². The molecule has 13 nitrogen and oxygen atoms in total. The lowest BCUT2D eigenvalue weighted by Crippen LogP contribution is -2.48. The number of piperazine rings is 1. The summed E-state index contributed by atoms with van der Waals surface area (Å²) in [5, 5.41) is 3.69. The maximum Gasteiger partial charge on any atom is 0.285 e. The van der Waals surface area contributed by atoms with Gasteiger partial charge in [-0.1, -0.05) is 17.7 Å². The molecule has 0 saturated carbocycles. The lowest BCUT2D eigenvalue weighted by molar-refractivity contribution is 0.0977. The van der Waals surface area contributed by atoms with Crippen molar-refractivity contribution in [3.05, 3.63) is 74.8 Å². The first kappa shape index (κ1) is 29.7. The average molecular weight is 642 g/mol. The first-order valence-corrected chi connectivity index (χ1v) is 16.0. The Balaban J connectivity index is 1.35. The van der Waals surface area contributed by atoms with Crippen LogP contribution in [0.25, 0.3) is 10.9 Å². The van der Waals surface area contributed by atoms with Gasteiger partial charge in [-0.2, -0.15) is 0 Å². The van der Waals surface area contributed by atoms with Crippen LogP contribution in [0.2, 0.25) is 5.15 Å². The van der Waals surface area contributed by atoms with Crippen molar-refractivity contribution < 1.29 is 17.6 Å². The van der Waals surface area contributed by atoms with Gasteiger partial charge in [-0.15, -0.1) is 0 Å². The molecule has 2 aliphatic rings. The molecule has 2 saturated heterocycles. The number of fused-ring (bicyclic) bond motifs is 3. The number of hydrogen-bond acceptors (Lipinski definition) is 11. The molecular weight excluding hydrogens is 613 g/mol. The molecule has 0 aliphatic carbocycles. The molecule has 2 N–H and O–H groups in total. The predicted octanol–water partition coefficient (Wildman–Crippen LogP) is 2.55. The largest absolute Gasteiger partial charge is 0.377 e. The van der Waals surface area contributed by atoms with Crippen molar-refractivity contribution in [3.63, 3.8) is 0 Å². The summed E-state index contributed by atoms with van der Waals surface area (Å²) < 4.78 is 40.3. The van der Waals surface area contributed by atoms with Gasteiger partial charge >= 0.3 is 0 Å². The van der Waals surface area contributed by atoms with Gasteiger partial charge in [-0.3, -0.25) is 14.2 Å². The van der Waals surface area contributed by atoms with E-state index < -0.39 is 27.8 Å². The Morgan fingerprint density at radius 1 is 1.11 bits per heavy atom. The van der Waals surface area contributed by atoms with E-state index in [1.807, 2.05) is 24.6 Å². The molecule has 1 aromatic carbocycles. The summed E-state index contributed by atoms with van der Waals surface area (Å²) in [6.07, 6.45) is 3.99. The highest BCUT2D eigenvalue weighted by Crippen LogP contribution is 2.36. The van der Waals surface area contributed by atoms with Crippen molar-refractivity contribution >= 4 is 56.0 Å². The van der Waals surface area contributed by atoms with Crippen LogP contribution < -0.4 is 25.4 Å². The first-order valence-electron chi connectivity index (χ1n) is 13.8. The molecule has 2 fully saturated rings. The second-order valence-electron chi connectivity index (χ2n) is 11.2. The molecule has 1 amide bonds. The fourth-order valence-electron chi connectivity index (χ4n) is 5.99. The fourth-order valence-corrected chi connectivity index (χ4v) is 6.57. The number of carbonyl (C=O) groups is 1. The van der Waals surface area contributed by atoms with E-state index >= 15 is 0 Å². The number of hydrogen-bond donors (Lipinski definition) is 2. The van der Waals surface area contributed by atoms with Crippen LogP contribution >= 0.6 is 11.6 Å². The summed E-state index contributed by atoms with van der Waals surface area (Å²) >= 11 is 6.03. The Labute approximate surface area is 257 Å². The molecule has 0 unspecified atom stereocenters. The Morgan fingerprint density at radius 3 is 2.45 bits per heavy atom. The third-order valence-electron chi connectivity index (χ3n) is 7.88. The van der Waals surface area contributed by atoms with Crippen LogP contribution in [-0.2, 0) is 17.1 Å². The molecule has 2 aliphatic heterocycles. The van der Waals surface area contributed by atoms with Crippen LogP contribution in [0.3, 0.4) is 0 Å². The minimum absolute atomic E-state index is 0.0159. The normalized spacial score (nSPS) is 18.6. The maximum absolute atomic E-state index is 13.7. The third kappa shape index (κ3) is 5.52. The van der Waals surface area contributed by atoms with Gasteiger partial charge in [0.05, 0.1) is 53.4 Å². The summed E-state index contributed by atoms with van der Waals surface area (Å²) in [5.74, 6) is -0.436. The summed E-state index contributed by atoms with van der Waals surface area (Å²) in [6.45, 7) is 4.91. The summed E-state index contributed by atoms with van der Waals surface area (Å²) in [7, 11) is -2.15. The number of aromatic nitrogens is 5. The number of nitrogens with one attached hydrogen (secondary N) is 2. The molecule has 4 aromatic rings. The van der Waals surface area contributed by atoms with Crippen molar-refractivity contribution in [3.8, 4) is 0 Å². The molecule has 230 valence electrons. The summed E-state index contributed by atoms with van der Waals surface area (Å²) in [5.41, 5.74) is 1.89. The minimum atomic E-state index is -3.85. The van der Waals surface area contributed by atoms with Gasteiger partial charge < -0.3 is 15.1 Å². The molecule has 2 bridgehead atoms. The van der Waals surface area contributed by atoms with E-state index in [4.69, 9.17) is 16.6 Å². The Morgan fingerprint density at radius 2 is 1.80 bits per heavy atom. The molecule has 0 radical (unpaired) electrons. The Hall–Kier alpha value is -4.37. The van der Waals surface area contributed by atoms with Crippen molar-refractivity contribution in [2.45, 2.75) is 38.4 Å². The van der Waals surface area contributed by atoms with Crippen molar-refractivity contribution in [2.24, 2.45) is 7.05 Å². The lowest BCUT2D eigenvalue weighted by atomic mass is 10.0. The molecular formula is C28H29ClFN9O4S. The lowest BCUT2D eigenvalue weighted by Gasteiger charge is -2.35. The topological polar surface area (TPSA) is 155 Å². The number of pyridine rings is 1. The number of halogens is 2. The van der Waals surface area contributed by atoms with Gasteiger partial charge in [-0.25, -0.2) is 37.5 Å². The monoisotopic (exact) mass is 641 g/mol. The number of carbonyl (C=O) groups excluding carboxylic acids is 1. The zero-order valence-electron chi connectivity index (χ0n) is 24.2. The average Bonchev–Trinajstić information content (AvgIpc) is 3.56. The molecule has 16 heteroatoms. The zero-order chi connectivity index (χ0) is 31.5. The highest BCUT2D eigenvalue weighted by molar-refractivity contribution is 7.89. The van der Waals surface area contributed by atoms with E-state index in [0.717, 1.165) is 30.6 Å². The second kappa shape index (κ2) is 11.0. The van der Waals surface area contributed by atoms with Crippen LogP contribution in [0, 0.1) is 12.7 Å². The number of amides is 1. The summed E-state index contributed by atoms with van der Waals surface area (Å²) in [4.78, 5) is 48.0. The van der Waals surface area contributed by atoms with Crippen LogP contribution in [0.5, 0.6) is 0 Å². The fraction of sp³-hybridized carbons (Fsp3) is 0.357. The van der Waals surface area contributed by atoms with Gasteiger partial charge in [0.25, 0.3) is 11.5 Å². The molecule has 6 rings (SSSR count). The SMILES string of the molecule is Cc1cc([C@@H](C)Nc2ccc(Cl)nc2C(=O)NS(C)(=O)=O)c2nc(N3C[C@@H]4C[C@H]3CN4c3ncc(F)cn3)n(C)c(=O)c2c1. The van der Waals surface area contributed by atoms with Crippen LogP contribution in [-0.4, -0.2) is 70.3 Å². The van der Waals surface area contributed by atoms with Crippen LogP contribution in [0.15, 0.2) is 41.5 Å². The van der Waals surface area contributed by atoms with Crippen molar-refractivity contribution in [1.82, 2.24) is 29.2 Å². The van der Waals surface area contributed by atoms with Gasteiger partial charge in [0, 0.05) is 25.7 Å². The van der Waals surface area contributed by atoms with E-state index in [1.165, 1.54) is 12.1 Å². The molecule has 5 heterocycles. The molecule has 0 spiro atoms. The van der Waals surface area contributed by atoms with E-state index in [0.29, 0.717) is 41.5 Å². The van der Waals surface area contributed by atoms with Crippen molar-refractivity contribution in [1.29, 1.82) is 0 Å². The van der Waals surface area contributed by atoms with E-state index in [1.54, 1.807) is 17.7 Å². The van der Waals surface area contributed by atoms with Gasteiger partial charge in [-0.05, 0) is 44.0 Å². The highest BCUT2D eigenvalue weighted by Gasteiger charge is 2.45. The third-order valence-corrected chi connectivity index (χ3v) is 8.65. The number of anilines is 3. The highest BCUT2D eigenvalue weighted by atomic mass is 35.5. The quantitative estimate of drug-likeness (QED) is 0.286. The van der Waals surface area contributed by atoms with Gasteiger partial charge in [0.1, 0.15) is 5.15 Å². The molecule has 3 atom stereocenters. The molecule has 44 heavy (non-hydrogen) atoms. The van der Waals surface area contributed by atoms with Crippen molar-refractivity contribution in [2.75, 3.05) is 34.5 Å². The maximum atomic E-state index is 13.7. The standard InChI is InChI=1S/C28H29ClFN9O4S/c1-14-7-19(15(2)33-21-5-6-22(29)34-24(21)25(40)36-44(4,42)43)23-20(8-14)26(41)37(3)28(35-23)39-13-17-9-18(39)12-38(17)27-31-10-16(30)11-32-27/h5-8,10-11,15,17-18,33H,9,12-13H2,1-4H3,(H,36,40)/t15-,17+,18+/m1/s1.